The van der Waals surface area contributed by atoms with Gasteiger partial charge in [0, 0.05) is 10.4 Å². The summed E-state index contributed by atoms with van der Waals surface area (Å²) in [4.78, 5) is 12.5. The quantitative estimate of drug-likeness (QED) is 0.885. The minimum Gasteiger partial charge on any atom is -0.496 e. The standard InChI is InChI=1S/C12H11NO2S/c1-15-9-5-3-2-4-8(9)10-6-7-11(16-10)12(13)14/h2-7H,1H3,(H2,13,14). The third-order valence-corrected chi connectivity index (χ3v) is 3.35. The molecule has 1 aromatic heterocycles. The first-order valence-electron chi connectivity index (χ1n) is 4.75. The summed E-state index contributed by atoms with van der Waals surface area (Å²) in [5.41, 5.74) is 6.19. The number of hydrogen-bond acceptors (Lipinski definition) is 3. The summed E-state index contributed by atoms with van der Waals surface area (Å²) in [5.74, 6) is 0.395. The lowest BCUT2D eigenvalue weighted by molar-refractivity contribution is 0.100. The van der Waals surface area contributed by atoms with Crippen LogP contribution >= 0.6 is 11.3 Å². The van der Waals surface area contributed by atoms with E-state index >= 15 is 0 Å². The number of hydrogen-bond donors (Lipinski definition) is 1. The SMILES string of the molecule is COc1ccccc1-c1ccc(C(N)=O)s1. The maximum atomic E-state index is 11.0. The van der Waals surface area contributed by atoms with Gasteiger partial charge in [-0.15, -0.1) is 11.3 Å². The van der Waals surface area contributed by atoms with Gasteiger partial charge in [-0.25, -0.2) is 0 Å². The van der Waals surface area contributed by atoms with E-state index in [9.17, 15) is 4.79 Å². The van der Waals surface area contributed by atoms with Crippen molar-refractivity contribution in [3.05, 3.63) is 41.3 Å². The number of thiophene rings is 1. The Morgan fingerprint density at radius 2 is 2.00 bits per heavy atom. The van der Waals surface area contributed by atoms with Crippen molar-refractivity contribution >= 4 is 17.2 Å². The number of nitrogens with two attached hydrogens (primary N) is 1. The minimum atomic E-state index is -0.397. The molecule has 1 aromatic carbocycles. The number of ether oxygens (including phenoxy) is 1. The van der Waals surface area contributed by atoms with Crippen LogP contribution in [0.15, 0.2) is 36.4 Å². The lowest BCUT2D eigenvalue weighted by Gasteiger charge is -2.05. The Kier molecular flexibility index (Phi) is 2.92. The Labute approximate surface area is 97.5 Å². The van der Waals surface area contributed by atoms with Crippen LogP contribution in [0.3, 0.4) is 0 Å². The van der Waals surface area contributed by atoms with Crippen molar-refractivity contribution < 1.29 is 9.53 Å². The second-order valence-electron chi connectivity index (χ2n) is 3.23. The molecule has 2 rings (SSSR count). The molecular weight excluding hydrogens is 222 g/mol. The molecule has 0 fully saturated rings. The highest BCUT2D eigenvalue weighted by atomic mass is 32.1. The average Bonchev–Trinajstić information content (AvgIpc) is 2.78. The second kappa shape index (κ2) is 4.37. The molecule has 0 radical (unpaired) electrons. The van der Waals surface area contributed by atoms with Crippen LogP contribution in [-0.2, 0) is 0 Å². The molecule has 2 aromatic rings. The third-order valence-electron chi connectivity index (χ3n) is 2.22. The highest BCUT2D eigenvalue weighted by molar-refractivity contribution is 7.17. The van der Waals surface area contributed by atoms with E-state index in [1.807, 2.05) is 30.3 Å². The summed E-state index contributed by atoms with van der Waals surface area (Å²) in [7, 11) is 1.63. The molecule has 1 amide bonds. The van der Waals surface area contributed by atoms with Gasteiger partial charge in [-0.2, -0.15) is 0 Å². The molecule has 3 nitrogen and oxygen atoms in total. The predicted octanol–water partition coefficient (Wildman–Crippen LogP) is 2.52. The van der Waals surface area contributed by atoms with E-state index < -0.39 is 5.91 Å². The van der Waals surface area contributed by atoms with Crippen molar-refractivity contribution in [2.75, 3.05) is 7.11 Å². The van der Waals surface area contributed by atoms with Gasteiger partial charge >= 0.3 is 0 Å². The zero-order valence-corrected chi connectivity index (χ0v) is 9.58. The fourth-order valence-electron chi connectivity index (χ4n) is 1.46. The number of methoxy groups -OCH3 is 1. The molecule has 0 aliphatic heterocycles. The monoisotopic (exact) mass is 233 g/mol. The molecule has 0 saturated carbocycles. The van der Waals surface area contributed by atoms with E-state index in [0.717, 1.165) is 16.2 Å². The first kappa shape index (κ1) is 10.7. The van der Waals surface area contributed by atoms with Crippen molar-refractivity contribution in [1.82, 2.24) is 0 Å². The van der Waals surface area contributed by atoms with Gasteiger partial charge in [-0.3, -0.25) is 4.79 Å². The summed E-state index contributed by atoms with van der Waals surface area (Å²) in [5, 5.41) is 0. The van der Waals surface area contributed by atoms with Crippen molar-refractivity contribution in [2.24, 2.45) is 5.73 Å². The van der Waals surface area contributed by atoms with Crippen LogP contribution in [0.25, 0.3) is 10.4 Å². The lowest BCUT2D eigenvalue weighted by atomic mass is 10.1. The van der Waals surface area contributed by atoms with Crippen molar-refractivity contribution in [3.63, 3.8) is 0 Å². The molecule has 1 heterocycles. The maximum absolute atomic E-state index is 11.0. The van der Waals surface area contributed by atoms with E-state index in [0.29, 0.717) is 4.88 Å². The Bertz CT molecular complexity index is 519. The number of carbonyl (C=O) groups excluding carboxylic acids is 1. The van der Waals surface area contributed by atoms with E-state index in [1.165, 1.54) is 11.3 Å². The molecule has 0 aliphatic rings. The number of carbonyl (C=O) groups is 1. The second-order valence-corrected chi connectivity index (χ2v) is 4.31. The zero-order valence-electron chi connectivity index (χ0n) is 8.77. The molecule has 0 atom stereocenters. The molecule has 0 unspecified atom stereocenters. The number of primary amides is 1. The van der Waals surface area contributed by atoms with Crippen molar-refractivity contribution in [2.45, 2.75) is 0 Å². The van der Waals surface area contributed by atoms with Crippen LogP contribution in [-0.4, -0.2) is 13.0 Å². The van der Waals surface area contributed by atoms with Gasteiger partial charge < -0.3 is 10.5 Å². The van der Waals surface area contributed by atoms with Gasteiger partial charge in [-0.1, -0.05) is 12.1 Å². The van der Waals surface area contributed by atoms with Gasteiger partial charge in [0.2, 0.25) is 0 Å². The van der Waals surface area contributed by atoms with Gasteiger partial charge in [0.25, 0.3) is 5.91 Å². The Morgan fingerprint density at radius 1 is 1.25 bits per heavy atom. The highest BCUT2D eigenvalue weighted by Gasteiger charge is 2.09. The summed E-state index contributed by atoms with van der Waals surface area (Å²) < 4.78 is 5.26. The van der Waals surface area contributed by atoms with Gasteiger partial charge in [0.05, 0.1) is 12.0 Å². The summed E-state index contributed by atoms with van der Waals surface area (Å²) in [6.07, 6.45) is 0. The molecule has 4 heteroatoms. The fourth-order valence-corrected chi connectivity index (χ4v) is 2.35. The molecule has 16 heavy (non-hydrogen) atoms. The Morgan fingerprint density at radius 3 is 2.62 bits per heavy atom. The fraction of sp³-hybridized carbons (Fsp3) is 0.0833. The maximum Gasteiger partial charge on any atom is 0.258 e. The molecule has 2 N–H and O–H groups in total. The largest absolute Gasteiger partial charge is 0.496 e. The third kappa shape index (κ3) is 1.92. The average molecular weight is 233 g/mol. The molecule has 82 valence electrons. The number of rotatable bonds is 3. The topological polar surface area (TPSA) is 52.3 Å². The van der Waals surface area contributed by atoms with Gasteiger partial charge in [-0.05, 0) is 24.3 Å². The van der Waals surface area contributed by atoms with Gasteiger partial charge in [0.15, 0.2) is 0 Å². The first-order valence-corrected chi connectivity index (χ1v) is 5.57. The number of para-hydroxylation sites is 1. The van der Waals surface area contributed by atoms with Crippen LogP contribution < -0.4 is 10.5 Å². The first-order chi connectivity index (χ1) is 7.72. The summed E-state index contributed by atoms with van der Waals surface area (Å²) in [6, 6.07) is 11.3. The Hall–Kier alpha value is -1.81. The summed E-state index contributed by atoms with van der Waals surface area (Å²) >= 11 is 1.37. The smallest absolute Gasteiger partial charge is 0.258 e. The summed E-state index contributed by atoms with van der Waals surface area (Å²) in [6.45, 7) is 0. The number of amides is 1. The molecular formula is C12H11NO2S. The van der Waals surface area contributed by atoms with E-state index in [1.54, 1.807) is 13.2 Å². The normalized spacial score (nSPS) is 10.1. The number of benzene rings is 1. The predicted molar refractivity (Wildman–Crippen MR) is 64.8 cm³/mol. The van der Waals surface area contributed by atoms with Crippen molar-refractivity contribution in [3.8, 4) is 16.2 Å². The van der Waals surface area contributed by atoms with E-state index in [-0.39, 0.29) is 0 Å². The highest BCUT2D eigenvalue weighted by Crippen LogP contribution is 2.34. The van der Waals surface area contributed by atoms with Crippen LogP contribution in [0.5, 0.6) is 5.75 Å². The van der Waals surface area contributed by atoms with Gasteiger partial charge in [0.1, 0.15) is 5.75 Å². The molecule has 0 bridgehead atoms. The van der Waals surface area contributed by atoms with E-state index in [2.05, 4.69) is 0 Å². The molecule has 0 spiro atoms. The van der Waals surface area contributed by atoms with Crippen LogP contribution in [0, 0.1) is 0 Å². The molecule has 0 saturated heterocycles. The van der Waals surface area contributed by atoms with Crippen LogP contribution in [0.1, 0.15) is 9.67 Å². The van der Waals surface area contributed by atoms with Crippen LogP contribution in [0.2, 0.25) is 0 Å². The zero-order chi connectivity index (χ0) is 11.5. The lowest BCUT2D eigenvalue weighted by Crippen LogP contribution is -2.07. The van der Waals surface area contributed by atoms with E-state index in [4.69, 9.17) is 10.5 Å². The van der Waals surface area contributed by atoms with Crippen LogP contribution in [0.4, 0.5) is 0 Å². The minimum absolute atomic E-state index is 0.397. The van der Waals surface area contributed by atoms with Crippen molar-refractivity contribution in [1.29, 1.82) is 0 Å². The molecule has 0 aliphatic carbocycles. The Balaban J connectivity index is 2.46.